The Morgan fingerprint density at radius 3 is 2.85 bits per heavy atom. The summed E-state index contributed by atoms with van der Waals surface area (Å²) in [5.41, 5.74) is -0.140. The molecule has 2 aromatic rings. The van der Waals surface area contributed by atoms with E-state index < -0.39 is 5.82 Å². The lowest BCUT2D eigenvalue weighted by molar-refractivity contribution is 0.0604. The molecule has 0 spiro atoms. The first kappa shape index (κ1) is 16.9. The Morgan fingerprint density at radius 2 is 2.08 bits per heavy atom. The van der Waals surface area contributed by atoms with Crippen LogP contribution in [0.3, 0.4) is 0 Å². The number of nitrogens with one attached hydrogen (secondary N) is 1. The van der Waals surface area contributed by atoms with Gasteiger partial charge >= 0.3 is 0 Å². The maximum absolute atomic E-state index is 14.3. The summed E-state index contributed by atoms with van der Waals surface area (Å²) in [6.45, 7) is 1.89. The number of benzene rings is 2. The van der Waals surface area contributed by atoms with E-state index in [1.165, 1.54) is 24.3 Å². The van der Waals surface area contributed by atoms with Crippen molar-refractivity contribution in [2.24, 2.45) is 0 Å². The Hall–Kier alpha value is -2.51. The minimum Gasteiger partial charge on any atom is -0.507 e. The molecule has 0 bridgehead atoms. The third kappa shape index (κ3) is 2.55. The van der Waals surface area contributed by atoms with Crippen molar-refractivity contribution in [1.29, 1.82) is 0 Å². The number of hydrogen-bond donors (Lipinski definition) is 3. The Labute approximate surface area is 153 Å². The van der Waals surface area contributed by atoms with Gasteiger partial charge in [-0.2, -0.15) is 0 Å². The molecule has 136 valence electrons. The molecule has 4 rings (SSSR count). The van der Waals surface area contributed by atoms with Crippen LogP contribution in [0.2, 0.25) is 5.02 Å². The third-order valence-electron chi connectivity index (χ3n) is 4.71. The summed E-state index contributed by atoms with van der Waals surface area (Å²) in [5.74, 6) is -1.77. The van der Waals surface area contributed by atoms with Crippen molar-refractivity contribution in [2.75, 3.05) is 26.2 Å². The van der Waals surface area contributed by atoms with Crippen LogP contribution in [0, 0.1) is 5.82 Å². The minimum atomic E-state index is -0.701. The molecule has 1 atom stereocenters. The SMILES string of the molecule is O=C1c2c(O)cc(-c3c(O)cccc3F)c(Cl)c2OC[C@H]2CNCCN12. The maximum atomic E-state index is 14.3. The number of fused-ring (bicyclic) bond motifs is 2. The number of hydrogen-bond acceptors (Lipinski definition) is 5. The normalized spacial score (nSPS) is 19.4. The first-order chi connectivity index (χ1) is 12.5. The van der Waals surface area contributed by atoms with Crippen LogP contribution < -0.4 is 10.1 Å². The Morgan fingerprint density at radius 1 is 1.27 bits per heavy atom. The van der Waals surface area contributed by atoms with E-state index in [0.29, 0.717) is 19.6 Å². The predicted octanol–water partition coefficient (Wildman–Crippen LogP) is 2.36. The number of phenols is 2. The van der Waals surface area contributed by atoms with Crippen molar-refractivity contribution in [3.8, 4) is 28.4 Å². The van der Waals surface area contributed by atoms with E-state index in [0.717, 1.165) is 0 Å². The van der Waals surface area contributed by atoms with Crippen molar-refractivity contribution in [2.45, 2.75) is 6.04 Å². The van der Waals surface area contributed by atoms with Gasteiger partial charge in [-0.3, -0.25) is 4.79 Å². The molecule has 8 heteroatoms. The minimum absolute atomic E-state index is 0.00344. The number of halogens is 2. The average Bonchev–Trinajstić information content (AvgIpc) is 2.77. The van der Waals surface area contributed by atoms with Crippen molar-refractivity contribution in [3.63, 3.8) is 0 Å². The van der Waals surface area contributed by atoms with Gasteiger partial charge in [0.15, 0.2) is 5.75 Å². The summed E-state index contributed by atoms with van der Waals surface area (Å²) in [4.78, 5) is 14.5. The summed E-state index contributed by atoms with van der Waals surface area (Å²) < 4.78 is 20.0. The van der Waals surface area contributed by atoms with E-state index in [-0.39, 0.29) is 57.5 Å². The molecule has 0 radical (unpaired) electrons. The second-order valence-corrected chi connectivity index (χ2v) is 6.64. The van der Waals surface area contributed by atoms with E-state index in [9.17, 15) is 19.4 Å². The highest BCUT2D eigenvalue weighted by molar-refractivity contribution is 6.36. The smallest absolute Gasteiger partial charge is 0.261 e. The van der Waals surface area contributed by atoms with E-state index in [1.54, 1.807) is 4.90 Å². The standard InChI is InChI=1S/C18H16ClFN2O4/c19-16-10(14-11(20)2-1-3-12(14)23)6-13(24)15-17(16)26-8-9-7-21-4-5-22(9)18(15)25/h1-3,6,9,21,23-24H,4-5,7-8H2/t9-/m1/s1. The number of carbonyl (C=O) groups is 1. The fourth-order valence-corrected chi connectivity index (χ4v) is 3.72. The summed E-state index contributed by atoms with van der Waals surface area (Å²) in [6, 6.07) is 4.84. The lowest BCUT2D eigenvalue weighted by atomic mass is 9.99. The van der Waals surface area contributed by atoms with Gasteiger partial charge in [0.25, 0.3) is 5.91 Å². The molecule has 1 fully saturated rings. The summed E-state index contributed by atoms with van der Waals surface area (Å²) in [6.07, 6.45) is 0. The van der Waals surface area contributed by atoms with Crippen LogP contribution in [-0.4, -0.2) is 53.3 Å². The van der Waals surface area contributed by atoms with Gasteiger partial charge in [0.1, 0.15) is 29.5 Å². The molecule has 1 amide bonds. The summed E-state index contributed by atoms with van der Waals surface area (Å²) >= 11 is 6.41. The molecule has 2 heterocycles. The highest BCUT2D eigenvalue weighted by Crippen LogP contribution is 2.47. The van der Waals surface area contributed by atoms with Crippen LogP contribution in [0.4, 0.5) is 4.39 Å². The Kier molecular flexibility index (Phi) is 4.13. The molecular formula is C18H16ClFN2O4. The lowest BCUT2D eigenvalue weighted by Crippen LogP contribution is -2.54. The Balaban J connectivity index is 1.90. The van der Waals surface area contributed by atoms with Gasteiger partial charge in [0, 0.05) is 25.2 Å². The number of rotatable bonds is 1. The number of amides is 1. The van der Waals surface area contributed by atoms with Crippen LogP contribution in [-0.2, 0) is 0 Å². The zero-order chi connectivity index (χ0) is 18.4. The summed E-state index contributed by atoms with van der Waals surface area (Å²) in [5, 5.41) is 23.7. The number of nitrogens with zero attached hydrogens (tertiary/aromatic N) is 1. The number of ether oxygens (including phenoxy) is 1. The second-order valence-electron chi connectivity index (χ2n) is 6.26. The molecule has 2 aliphatic heterocycles. The van der Waals surface area contributed by atoms with E-state index >= 15 is 0 Å². The number of carbonyl (C=O) groups excluding carboxylic acids is 1. The predicted molar refractivity (Wildman–Crippen MR) is 93.4 cm³/mol. The Bertz CT molecular complexity index is 885. The molecule has 3 N–H and O–H groups in total. The quantitative estimate of drug-likeness (QED) is 0.709. The van der Waals surface area contributed by atoms with Crippen molar-refractivity contribution < 1.29 is 24.1 Å². The zero-order valence-electron chi connectivity index (χ0n) is 13.6. The van der Waals surface area contributed by atoms with Crippen LogP contribution in [0.5, 0.6) is 17.2 Å². The van der Waals surface area contributed by atoms with E-state index in [2.05, 4.69) is 5.32 Å². The molecule has 1 saturated heterocycles. The number of phenolic OH excluding ortho intramolecular Hbond substituents is 2. The number of piperazine rings is 1. The van der Waals surface area contributed by atoms with Crippen molar-refractivity contribution in [1.82, 2.24) is 10.2 Å². The van der Waals surface area contributed by atoms with Gasteiger partial charge in [0.05, 0.1) is 16.6 Å². The highest BCUT2D eigenvalue weighted by Gasteiger charge is 2.36. The first-order valence-electron chi connectivity index (χ1n) is 8.17. The second kappa shape index (κ2) is 6.34. The lowest BCUT2D eigenvalue weighted by Gasteiger charge is -2.33. The average molecular weight is 379 g/mol. The van der Waals surface area contributed by atoms with E-state index in [1.807, 2.05) is 0 Å². The monoisotopic (exact) mass is 378 g/mol. The maximum Gasteiger partial charge on any atom is 0.261 e. The van der Waals surface area contributed by atoms with Crippen LogP contribution in [0.25, 0.3) is 11.1 Å². The molecule has 0 aliphatic carbocycles. The van der Waals surface area contributed by atoms with Gasteiger partial charge in [0.2, 0.25) is 0 Å². The van der Waals surface area contributed by atoms with Crippen LogP contribution in [0.1, 0.15) is 10.4 Å². The fraction of sp³-hybridized carbons (Fsp3) is 0.278. The largest absolute Gasteiger partial charge is 0.507 e. The van der Waals surface area contributed by atoms with Crippen LogP contribution in [0.15, 0.2) is 24.3 Å². The molecule has 0 aromatic heterocycles. The molecule has 0 unspecified atom stereocenters. The van der Waals surface area contributed by atoms with Gasteiger partial charge < -0.3 is 25.2 Å². The molecule has 0 saturated carbocycles. The molecule has 2 aromatic carbocycles. The summed E-state index contributed by atoms with van der Waals surface area (Å²) in [7, 11) is 0. The molecular weight excluding hydrogens is 363 g/mol. The first-order valence-corrected chi connectivity index (χ1v) is 8.54. The van der Waals surface area contributed by atoms with Crippen LogP contribution >= 0.6 is 11.6 Å². The topological polar surface area (TPSA) is 82.0 Å². The van der Waals surface area contributed by atoms with Gasteiger partial charge in [-0.1, -0.05) is 17.7 Å². The molecule has 26 heavy (non-hydrogen) atoms. The van der Waals surface area contributed by atoms with Gasteiger partial charge in [-0.15, -0.1) is 0 Å². The third-order valence-corrected chi connectivity index (χ3v) is 5.08. The number of aromatic hydroxyl groups is 2. The highest BCUT2D eigenvalue weighted by atomic mass is 35.5. The van der Waals surface area contributed by atoms with Crippen molar-refractivity contribution in [3.05, 3.63) is 40.7 Å². The van der Waals surface area contributed by atoms with Gasteiger partial charge in [-0.05, 0) is 18.2 Å². The molecule has 2 aliphatic rings. The van der Waals surface area contributed by atoms with Crippen molar-refractivity contribution >= 4 is 17.5 Å². The fourth-order valence-electron chi connectivity index (χ4n) is 3.42. The molecule has 6 nitrogen and oxygen atoms in total. The van der Waals surface area contributed by atoms with E-state index in [4.69, 9.17) is 16.3 Å². The van der Waals surface area contributed by atoms with Gasteiger partial charge in [-0.25, -0.2) is 4.39 Å². The zero-order valence-corrected chi connectivity index (χ0v) is 14.4.